The van der Waals surface area contributed by atoms with Crippen molar-refractivity contribution in [1.29, 1.82) is 0 Å². The SMILES string of the molecule is O=C1OC(=O)/C(=C(/Cl)c2ccc3c(c2)OCO3)C1=O. The van der Waals surface area contributed by atoms with E-state index in [-0.39, 0.29) is 11.8 Å². The number of rotatable bonds is 1. The standard InChI is InChI=1S/C12H5ClO6/c13-9(8-10(14)12(16)19-11(8)15)5-1-2-6-7(3-5)18-4-17-6/h1-3H,4H2/b9-8+. The zero-order chi connectivity index (χ0) is 13.6. The highest BCUT2D eigenvalue weighted by Crippen LogP contribution is 2.37. The molecule has 0 bridgehead atoms. The number of carbonyl (C=O) groups excluding carboxylic acids is 3. The molecule has 0 saturated carbocycles. The summed E-state index contributed by atoms with van der Waals surface area (Å²) in [5, 5.41) is -0.154. The Morgan fingerprint density at radius 2 is 1.79 bits per heavy atom. The van der Waals surface area contributed by atoms with Gasteiger partial charge in [0.15, 0.2) is 11.5 Å². The van der Waals surface area contributed by atoms with Crippen LogP contribution >= 0.6 is 11.6 Å². The minimum atomic E-state index is -1.22. The molecule has 19 heavy (non-hydrogen) atoms. The van der Waals surface area contributed by atoms with Crippen molar-refractivity contribution >= 4 is 34.4 Å². The molecule has 0 amide bonds. The normalized spacial score (nSPS) is 19.7. The molecule has 2 heterocycles. The van der Waals surface area contributed by atoms with Crippen molar-refractivity contribution < 1.29 is 28.6 Å². The number of hydrogen-bond donors (Lipinski definition) is 0. The first-order valence-corrected chi connectivity index (χ1v) is 5.56. The first-order valence-electron chi connectivity index (χ1n) is 5.18. The van der Waals surface area contributed by atoms with Gasteiger partial charge in [-0.15, -0.1) is 0 Å². The van der Waals surface area contributed by atoms with Crippen molar-refractivity contribution in [2.45, 2.75) is 0 Å². The first kappa shape index (κ1) is 11.7. The van der Waals surface area contributed by atoms with Crippen LogP contribution in [0.2, 0.25) is 0 Å². The Balaban J connectivity index is 2.09. The van der Waals surface area contributed by atoms with Gasteiger partial charge in [0.1, 0.15) is 5.57 Å². The van der Waals surface area contributed by atoms with Crippen LogP contribution in [0.5, 0.6) is 11.5 Å². The molecule has 3 rings (SSSR count). The second kappa shape index (κ2) is 4.10. The van der Waals surface area contributed by atoms with Gasteiger partial charge in [0.2, 0.25) is 6.79 Å². The third-order valence-corrected chi connectivity index (χ3v) is 3.05. The number of cyclic esters (lactones) is 2. The number of ketones is 1. The van der Waals surface area contributed by atoms with Crippen LogP contribution < -0.4 is 9.47 Å². The molecule has 0 unspecified atom stereocenters. The molecule has 0 aliphatic carbocycles. The predicted octanol–water partition coefficient (Wildman–Crippen LogP) is 1.02. The van der Waals surface area contributed by atoms with Crippen LogP contribution in [0.15, 0.2) is 23.8 Å². The van der Waals surface area contributed by atoms with Gasteiger partial charge < -0.3 is 14.2 Å². The lowest BCUT2D eigenvalue weighted by molar-refractivity contribution is -0.154. The van der Waals surface area contributed by atoms with Gasteiger partial charge in [0.25, 0.3) is 5.78 Å². The van der Waals surface area contributed by atoms with Crippen molar-refractivity contribution in [2.24, 2.45) is 0 Å². The maximum absolute atomic E-state index is 11.5. The third kappa shape index (κ3) is 1.77. The summed E-state index contributed by atoms with van der Waals surface area (Å²) in [4.78, 5) is 33.8. The van der Waals surface area contributed by atoms with Gasteiger partial charge in [0, 0.05) is 0 Å². The largest absolute Gasteiger partial charge is 0.454 e. The smallest absolute Gasteiger partial charge is 0.387 e. The molecule has 1 saturated heterocycles. The molecule has 0 radical (unpaired) electrons. The summed E-state index contributed by atoms with van der Waals surface area (Å²) >= 11 is 5.98. The number of fused-ring (bicyclic) bond motifs is 1. The Morgan fingerprint density at radius 1 is 1.05 bits per heavy atom. The van der Waals surface area contributed by atoms with Crippen molar-refractivity contribution in [2.75, 3.05) is 6.79 Å². The first-order chi connectivity index (χ1) is 9.08. The van der Waals surface area contributed by atoms with E-state index in [1.165, 1.54) is 6.07 Å². The Morgan fingerprint density at radius 3 is 2.47 bits per heavy atom. The summed E-state index contributed by atoms with van der Waals surface area (Å²) in [5.41, 5.74) is -0.105. The molecule has 1 fully saturated rings. The van der Waals surface area contributed by atoms with Gasteiger partial charge in [0.05, 0.1) is 5.03 Å². The maximum atomic E-state index is 11.5. The Bertz CT molecular complexity index is 660. The average molecular weight is 281 g/mol. The number of esters is 2. The fraction of sp³-hybridized carbons (Fsp3) is 0.0833. The van der Waals surface area contributed by atoms with E-state index in [0.717, 1.165) is 0 Å². The molecule has 1 aromatic carbocycles. The fourth-order valence-corrected chi connectivity index (χ4v) is 2.02. The molecule has 1 aromatic rings. The molecule has 0 atom stereocenters. The zero-order valence-electron chi connectivity index (χ0n) is 9.27. The van der Waals surface area contributed by atoms with Gasteiger partial charge in [-0.3, -0.25) is 4.79 Å². The van der Waals surface area contributed by atoms with Gasteiger partial charge in [-0.25, -0.2) is 9.59 Å². The molecule has 0 spiro atoms. The summed E-state index contributed by atoms with van der Waals surface area (Å²) in [7, 11) is 0. The van der Waals surface area contributed by atoms with E-state index < -0.39 is 23.3 Å². The molecule has 0 aromatic heterocycles. The van der Waals surface area contributed by atoms with Crippen molar-refractivity contribution in [3.8, 4) is 11.5 Å². The zero-order valence-corrected chi connectivity index (χ0v) is 10.0. The number of halogens is 1. The number of hydrogen-bond acceptors (Lipinski definition) is 6. The quantitative estimate of drug-likeness (QED) is 0.251. The van der Waals surface area contributed by atoms with E-state index in [2.05, 4.69) is 4.74 Å². The molecule has 96 valence electrons. The number of carbonyl (C=O) groups is 3. The van der Waals surface area contributed by atoms with Gasteiger partial charge in [-0.2, -0.15) is 0 Å². The Hall–Kier alpha value is -2.34. The van der Waals surface area contributed by atoms with Gasteiger partial charge >= 0.3 is 11.9 Å². The lowest BCUT2D eigenvalue weighted by atomic mass is 10.1. The van der Waals surface area contributed by atoms with E-state index in [1.54, 1.807) is 12.1 Å². The van der Waals surface area contributed by atoms with E-state index in [0.29, 0.717) is 17.1 Å². The highest BCUT2D eigenvalue weighted by atomic mass is 35.5. The predicted molar refractivity (Wildman–Crippen MR) is 61.4 cm³/mol. The minimum absolute atomic E-state index is 0.0897. The summed E-state index contributed by atoms with van der Waals surface area (Å²) in [6.45, 7) is 0.0897. The van der Waals surface area contributed by atoms with Crippen LogP contribution in [0.3, 0.4) is 0 Å². The second-order valence-electron chi connectivity index (χ2n) is 3.76. The van der Waals surface area contributed by atoms with Gasteiger partial charge in [-0.05, 0) is 23.8 Å². The topological polar surface area (TPSA) is 78.9 Å². The number of Topliss-reactive ketones (excluding diaryl/α,β-unsaturated/α-hetero) is 1. The highest BCUT2D eigenvalue weighted by Gasteiger charge is 2.40. The Labute approximate surface area is 111 Å². The van der Waals surface area contributed by atoms with Crippen LogP contribution in [0.4, 0.5) is 0 Å². The molecule has 6 nitrogen and oxygen atoms in total. The average Bonchev–Trinajstić information content (AvgIpc) is 2.94. The molecule has 0 N–H and O–H groups in total. The highest BCUT2D eigenvalue weighted by molar-refractivity contribution is 6.62. The summed E-state index contributed by atoms with van der Waals surface area (Å²) in [6, 6.07) is 4.65. The van der Waals surface area contributed by atoms with E-state index >= 15 is 0 Å². The van der Waals surface area contributed by atoms with Crippen LogP contribution in [-0.4, -0.2) is 24.5 Å². The van der Waals surface area contributed by atoms with Crippen LogP contribution in [-0.2, 0) is 19.1 Å². The van der Waals surface area contributed by atoms with E-state index in [1.807, 2.05) is 0 Å². The summed E-state index contributed by atoms with van der Waals surface area (Å²) in [5.74, 6) is -2.33. The second-order valence-corrected chi connectivity index (χ2v) is 4.14. The molecule has 2 aliphatic heterocycles. The van der Waals surface area contributed by atoms with Crippen LogP contribution in [0, 0.1) is 0 Å². The maximum Gasteiger partial charge on any atom is 0.387 e. The van der Waals surface area contributed by atoms with Crippen molar-refractivity contribution in [3.63, 3.8) is 0 Å². The monoisotopic (exact) mass is 280 g/mol. The number of ether oxygens (including phenoxy) is 3. The van der Waals surface area contributed by atoms with Crippen molar-refractivity contribution in [3.05, 3.63) is 29.3 Å². The van der Waals surface area contributed by atoms with E-state index in [9.17, 15) is 14.4 Å². The lowest BCUT2D eigenvalue weighted by Gasteiger charge is -2.02. The van der Waals surface area contributed by atoms with Crippen molar-refractivity contribution in [1.82, 2.24) is 0 Å². The molecule has 2 aliphatic rings. The van der Waals surface area contributed by atoms with E-state index in [4.69, 9.17) is 21.1 Å². The lowest BCUT2D eigenvalue weighted by Crippen LogP contribution is -2.07. The molecule has 7 heteroatoms. The summed E-state index contributed by atoms with van der Waals surface area (Å²) in [6.07, 6.45) is 0. The van der Waals surface area contributed by atoms with Crippen LogP contribution in [0.25, 0.3) is 5.03 Å². The fourth-order valence-electron chi connectivity index (χ4n) is 1.74. The molecular weight excluding hydrogens is 276 g/mol. The third-order valence-electron chi connectivity index (χ3n) is 2.65. The number of benzene rings is 1. The van der Waals surface area contributed by atoms with Gasteiger partial charge in [-0.1, -0.05) is 11.6 Å². The minimum Gasteiger partial charge on any atom is -0.454 e. The van der Waals surface area contributed by atoms with Crippen LogP contribution in [0.1, 0.15) is 5.56 Å². The summed E-state index contributed by atoms with van der Waals surface area (Å²) < 4.78 is 14.5. The molecular formula is C12H5ClO6. The Kier molecular flexibility index (Phi) is 2.53.